The third-order valence-corrected chi connectivity index (χ3v) is 5.71. The lowest BCUT2D eigenvalue weighted by atomic mass is 10.0. The fourth-order valence-corrected chi connectivity index (χ4v) is 4.37. The van der Waals surface area contributed by atoms with Gasteiger partial charge in [0, 0.05) is 19.0 Å². The number of likely N-dealkylation sites (tertiary alicyclic amines) is 1. The van der Waals surface area contributed by atoms with Crippen LogP contribution >= 0.6 is 0 Å². The van der Waals surface area contributed by atoms with Crippen molar-refractivity contribution in [2.45, 2.75) is 36.2 Å². The van der Waals surface area contributed by atoms with Gasteiger partial charge in [-0.1, -0.05) is 18.2 Å². The summed E-state index contributed by atoms with van der Waals surface area (Å²) in [6.07, 6.45) is 2.34. The molecule has 2 aliphatic heterocycles. The monoisotopic (exact) mass is 324 g/mol. The third-order valence-electron chi connectivity index (χ3n) is 4.18. The molecule has 0 aliphatic carbocycles. The van der Waals surface area contributed by atoms with Gasteiger partial charge in [-0.25, -0.2) is 13.1 Å². The Hall–Kier alpha value is -1.44. The molecule has 0 radical (unpaired) electrons. The Balaban J connectivity index is 1.66. The fraction of sp³-hybridized carbons (Fsp3) is 0.533. The van der Waals surface area contributed by atoms with Crippen LogP contribution in [0.1, 0.15) is 19.3 Å². The zero-order valence-electron chi connectivity index (χ0n) is 12.3. The van der Waals surface area contributed by atoms with Crippen molar-refractivity contribution >= 4 is 16.0 Å². The number of benzene rings is 1. The number of piperidine rings is 1. The summed E-state index contributed by atoms with van der Waals surface area (Å²) in [5, 5.41) is 0. The molecule has 0 spiro atoms. The number of hydrogen-bond acceptors (Lipinski definition) is 5. The predicted octanol–water partition coefficient (Wildman–Crippen LogP) is 0.745. The first kappa shape index (κ1) is 15.5. The molecule has 22 heavy (non-hydrogen) atoms. The van der Waals surface area contributed by atoms with Gasteiger partial charge in [0.05, 0.1) is 11.5 Å². The van der Waals surface area contributed by atoms with E-state index in [0.29, 0.717) is 19.6 Å². The third kappa shape index (κ3) is 3.31. The zero-order chi connectivity index (χ0) is 15.6. The summed E-state index contributed by atoms with van der Waals surface area (Å²) in [5.74, 6) is -0.188. The number of esters is 1. The second-order valence-corrected chi connectivity index (χ2v) is 7.45. The van der Waals surface area contributed by atoms with Gasteiger partial charge in [0.1, 0.15) is 6.04 Å². The summed E-state index contributed by atoms with van der Waals surface area (Å²) in [5.41, 5.74) is 0. The second kappa shape index (κ2) is 6.36. The molecule has 0 aromatic heterocycles. The number of carbonyl (C=O) groups excluding carboxylic acids is 1. The number of nitrogens with one attached hydrogen (secondary N) is 1. The minimum Gasteiger partial charge on any atom is -0.464 e. The summed E-state index contributed by atoms with van der Waals surface area (Å²) in [6.45, 7) is 1.82. The van der Waals surface area contributed by atoms with Crippen molar-refractivity contribution in [3.63, 3.8) is 0 Å². The van der Waals surface area contributed by atoms with Crippen molar-refractivity contribution in [2.24, 2.45) is 0 Å². The topological polar surface area (TPSA) is 75.7 Å². The molecular weight excluding hydrogens is 304 g/mol. The molecular formula is C15H20N2O4S. The smallest absolute Gasteiger partial charge is 0.323 e. The minimum absolute atomic E-state index is 0.174. The first-order valence-corrected chi connectivity index (χ1v) is 9.03. The lowest BCUT2D eigenvalue weighted by Gasteiger charge is -2.35. The molecule has 2 aliphatic rings. The quantitative estimate of drug-likeness (QED) is 0.827. The van der Waals surface area contributed by atoms with Crippen LogP contribution in [0.25, 0.3) is 0 Å². The molecule has 2 fully saturated rings. The highest BCUT2D eigenvalue weighted by molar-refractivity contribution is 7.89. The lowest BCUT2D eigenvalue weighted by Crippen LogP contribution is -2.52. The Morgan fingerprint density at radius 2 is 1.95 bits per heavy atom. The molecule has 0 unspecified atom stereocenters. The number of ether oxygens (including phenoxy) is 1. The van der Waals surface area contributed by atoms with Crippen LogP contribution in [0.2, 0.25) is 0 Å². The van der Waals surface area contributed by atoms with Crippen LogP contribution in [-0.2, 0) is 19.6 Å². The Morgan fingerprint density at radius 1 is 1.18 bits per heavy atom. The zero-order valence-corrected chi connectivity index (χ0v) is 13.1. The minimum atomic E-state index is -3.51. The molecule has 0 bridgehead atoms. The van der Waals surface area contributed by atoms with E-state index >= 15 is 0 Å². The molecule has 1 aromatic carbocycles. The Bertz CT molecular complexity index is 632. The number of sulfonamides is 1. The van der Waals surface area contributed by atoms with Gasteiger partial charge in [0.2, 0.25) is 10.0 Å². The van der Waals surface area contributed by atoms with Crippen molar-refractivity contribution in [1.82, 2.24) is 9.62 Å². The molecule has 0 saturated carbocycles. The summed E-state index contributed by atoms with van der Waals surface area (Å²) >= 11 is 0. The van der Waals surface area contributed by atoms with Crippen LogP contribution in [0, 0.1) is 0 Å². The molecule has 120 valence electrons. The van der Waals surface area contributed by atoms with Crippen molar-refractivity contribution in [1.29, 1.82) is 0 Å². The van der Waals surface area contributed by atoms with E-state index < -0.39 is 10.0 Å². The highest BCUT2D eigenvalue weighted by Crippen LogP contribution is 2.21. The van der Waals surface area contributed by atoms with Crippen LogP contribution < -0.4 is 4.72 Å². The van der Waals surface area contributed by atoms with Crippen molar-refractivity contribution in [2.75, 3.05) is 19.7 Å². The molecule has 2 atom stereocenters. The summed E-state index contributed by atoms with van der Waals surface area (Å²) in [4.78, 5) is 14.0. The molecule has 3 rings (SSSR count). The first-order valence-electron chi connectivity index (χ1n) is 7.54. The van der Waals surface area contributed by atoms with E-state index in [1.54, 1.807) is 30.3 Å². The number of cyclic esters (lactones) is 1. The Morgan fingerprint density at radius 3 is 2.64 bits per heavy atom. The largest absolute Gasteiger partial charge is 0.464 e. The summed E-state index contributed by atoms with van der Waals surface area (Å²) in [6, 6.07) is 7.96. The van der Waals surface area contributed by atoms with Crippen LogP contribution in [0.3, 0.4) is 0 Å². The Labute approximate surface area is 130 Å². The first-order chi connectivity index (χ1) is 10.6. The van der Waals surface area contributed by atoms with E-state index in [9.17, 15) is 13.2 Å². The number of rotatable bonds is 4. The number of carbonyl (C=O) groups is 1. The predicted molar refractivity (Wildman–Crippen MR) is 80.7 cm³/mol. The van der Waals surface area contributed by atoms with E-state index in [1.165, 1.54) is 0 Å². The number of hydrogen-bond donors (Lipinski definition) is 1. The van der Waals surface area contributed by atoms with E-state index in [0.717, 1.165) is 19.4 Å². The molecule has 7 heteroatoms. The van der Waals surface area contributed by atoms with E-state index in [2.05, 4.69) is 4.72 Å². The van der Waals surface area contributed by atoms with Crippen molar-refractivity contribution in [3.8, 4) is 0 Å². The lowest BCUT2D eigenvalue weighted by molar-refractivity contribution is -0.142. The number of nitrogens with zero attached hydrogens (tertiary/aromatic N) is 1. The average molecular weight is 324 g/mol. The summed E-state index contributed by atoms with van der Waals surface area (Å²) < 4.78 is 32.5. The van der Waals surface area contributed by atoms with Crippen LogP contribution in [0.5, 0.6) is 0 Å². The maximum atomic E-state index is 12.4. The maximum Gasteiger partial charge on any atom is 0.323 e. The molecule has 0 amide bonds. The molecule has 2 saturated heterocycles. The van der Waals surface area contributed by atoms with E-state index in [1.807, 2.05) is 4.90 Å². The Kier molecular flexibility index (Phi) is 4.46. The van der Waals surface area contributed by atoms with Crippen LogP contribution in [0.15, 0.2) is 35.2 Å². The SMILES string of the molecule is O=C1OCC[C@@H]1N1CCC[C@H](NS(=O)(=O)c2ccccc2)C1. The average Bonchev–Trinajstić information content (AvgIpc) is 2.94. The highest BCUT2D eigenvalue weighted by Gasteiger charge is 2.36. The van der Waals surface area contributed by atoms with Gasteiger partial charge < -0.3 is 4.74 Å². The van der Waals surface area contributed by atoms with Crippen LogP contribution in [-0.4, -0.2) is 51.1 Å². The standard InChI is InChI=1S/C15H20N2O4S/c18-15-14(8-10-21-15)17-9-4-5-12(11-17)16-22(19,20)13-6-2-1-3-7-13/h1-3,6-7,12,14,16H,4-5,8-11H2/t12-,14-/m0/s1. The molecule has 2 heterocycles. The van der Waals surface area contributed by atoms with E-state index in [-0.39, 0.29) is 22.9 Å². The van der Waals surface area contributed by atoms with Gasteiger partial charge >= 0.3 is 5.97 Å². The van der Waals surface area contributed by atoms with Crippen molar-refractivity contribution < 1.29 is 17.9 Å². The van der Waals surface area contributed by atoms with E-state index in [4.69, 9.17) is 4.74 Å². The van der Waals surface area contributed by atoms with Gasteiger partial charge in [-0.2, -0.15) is 0 Å². The van der Waals surface area contributed by atoms with Gasteiger partial charge in [0.15, 0.2) is 0 Å². The second-order valence-electron chi connectivity index (χ2n) is 5.74. The summed E-state index contributed by atoms with van der Waals surface area (Å²) in [7, 11) is -3.51. The molecule has 1 aromatic rings. The van der Waals surface area contributed by atoms with Gasteiger partial charge in [0.25, 0.3) is 0 Å². The van der Waals surface area contributed by atoms with Gasteiger partial charge in [-0.3, -0.25) is 9.69 Å². The normalized spacial score (nSPS) is 26.8. The van der Waals surface area contributed by atoms with Crippen LogP contribution in [0.4, 0.5) is 0 Å². The highest BCUT2D eigenvalue weighted by atomic mass is 32.2. The molecule has 1 N–H and O–H groups in total. The fourth-order valence-electron chi connectivity index (χ4n) is 3.09. The molecule has 6 nitrogen and oxygen atoms in total. The van der Waals surface area contributed by atoms with Crippen molar-refractivity contribution in [3.05, 3.63) is 30.3 Å². The van der Waals surface area contributed by atoms with Gasteiger partial charge in [-0.05, 0) is 31.5 Å². The maximum absolute atomic E-state index is 12.4. The van der Waals surface area contributed by atoms with Gasteiger partial charge in [-0.15, -0.1) is 0 Å².